The molecule has 0 fully saturated rings. The summed E-state index contributed by atoms with van der Waals surface area (Å²) in [6.07, 6.45) is 9.99. The van der Waals surface area contributed by atoms with E-state index in [1.807, 2.05) is 30.3 Å². The maximum Gasteiger partial charge on any atom is 0.254 e. The number of nitrogens with zero attached hydrogens (tertiary/aromatic N) is 1. The molecule has 1 aromatic carbocycles. The Morgan fingerprint density at radius 1 is 1.15 bits per heavy atom. The molecule has 4 heteroatoms. The van der Waals surface area contributed by atoms with E-state index in [1.165, 1.54) is 0 Å². The molecule has 4 nitrogen and oxygen atoms in total. The Morgan fingerprint density at radius 2 is 1.85 bits per heavy atom. The van der Waals surface area contributed by atoms with E-state index in [-0.39, 0.29) is 19.3 Å². The number of benzene rings is 1. The van der Waals surface area contributed by atoms with Crippen molar-refractivity contribution < 1.29 is 14.3 Å². The largest absolute Gasteiger partial charge is 0.360 e. The molecule has 2 rings (SSSR count). The van der Waals surface area contributed by atoms with Crippen molar-refractivity contribution in [3.63, 3.8) is 0 Å². The van der Waals surface area contributed by atoms with Gasteiger partial charge in [0.1, 0.15) is 19.3 Å². The van der Waals surface area contributed by atoms with E-state index >= 15 is 0 Å². The first-order valence-corrected chi connectivity index (χ1v) is 6.23. The van der Waals surface area contributed by atoms with Gasteiger partial charge in [-0.3, -0.25) is 0 Å². The van der Waals surface area contributed by atoms with Gasteiger partial charge < -0.3 is 14.3 Å². The van der Waals surface area contributed by atoms with Crippen LogP contribution < -0.4 is 0 Å². The second-order valence-electron chi connectivity index (χ2n) is 4.15. The quantitative estimate of drug-likeness (QED) is 0.765. The molecule has 0 saturated carbocycles. The Hall–Kier alpha value is -2.27. The molecule has 0 spiro atoms. The van der Waals surface area contributed by atoms with Crippen LogP contribution in [-0.4, -0.2) is 31.3 Å². The normalized spacial score (nSPS) is 21.2. The van der Waals surface area contributed by atoms with Gasteiger partial charge in [-0.1, -0.05) is 47.3 Å². The number of terminal acetylenes is 2. The molecule has 102 valence electrons. The predicted octanol–water partition coefficient (Wildman–Crippen LogP) is 1.81. The molecular weight excluding hydrogens is 254 g/mol. The topological polar surface area (TPSA) is 40.0 Å². The van der Waals surface area contributed by atoms with Crippen LogP contribution in [0.2, 0.25) is 0 Å². The molecule has 0 amide bonds. The summed E-state index contributed by atoms with van der Waals surface area (Å²) < 4.78 is 10.9. The van der Waals surface area contributed by atoms with Crippen molar-refractivity contribution in [2.24, 2.45) is 5.16 Å². The average Bonchev–Trinajstić information content (AvgIpc) is 2.52. The van der Waals surface area contributed by atoms with Crippen LogP contribution in [0.1, 0.15) is 12.0 Å². The second kappa shape index (κ2) is 7.35. The Balaban J connectivity index is 2.09. The second-order valence-corrected chi connectivity index (χ2v) is 4.15. The van der Waals surface area contributed by atoms with Gasteiger partial charge in [0.25, 0.3) is 6.29 Å². The summed E-state index contributed by atoms with van der Waals surface area (Å²) >= 11 is 0. The summed E-state index contributed by atoms with van der Waals surface area (Å²) in [5.41, 5.74) is 1.78. The molecule has 0 aromatic heterocycles. The summed E-state index contributed by atoms with van der Waals surface area (Å²) in [7, 11) is 0. The summed E-state index contributed by atoms with van der Waals surface area (Å²) in [6.45, 7) is 0.322. The molecule has 0 radical (unpaired) electrons. The fraction of sp³-hybridized carbons (Fsp3) is 0.312. The van der Waals surface area contributed by atoms with Crippen molar-refractivity contribution in [2.45, 2.75) is 18.8 Å². The van der Waals surface area contributed by atoms with Crippen LogP contribution >= 0.6 is 0 Å². The van der Waals surface area contributed by atoms with Crippen LogP contribution in [0.4, 0.5) is 0 Å². The van der Waals surface area contributed by atoms with Gasteiger partial charge in [-0.15, -0.1) is 12.8 Å². The van der Waals surface area contributed by atoms with Gasteiger partial charge in [0, 0.05) is 6.42 Å². The minimum Gasteiger partial charge on any atom is -0.360 e. The lowest BCUT2D eigenvalue weighted by molar-refractivity contribution is -0.203. The third-order valence-electron chi connectivity index (χ3n) is 2.78. The van der Waals surface area contributed by atoms with Crippen LogP contribution in [0.15, 0.2) is 35.5 Å². The lowest BCUT2D eigenvalue weighted by Crippen LogP contribution is -2.39. The SMILES string of the molecule is C#CCO[C@H]1ON=C(c2ccccc2)C[C@@H]1OCC#C. The molecule has 1 heterocycles. The number of rotatable bonds is 5. The number of oxime groups is 1. The fourth-order valence-electron chi connectivity index (χ4n) is 1.87. The number of hydrogen-bond donors (Lipinski definition) is 0. The lowest BCUT2D eigenvalue weighted by atomic mass is 10.0. The highest BCUT2D eigenvalue weighted by Gasteiger charge is 2.31. The number of hydrogen-bond acceptors (Lipinski definition) is 4. The first kappa shape index (κ1) is 14.1. The zero-order valence-corrected chi connectivity index (χ0v) is 11.0. The Morgan fingerprint density at radius 3 is 2.55 bits per heavy atom. The highest BCUT2D eigenvalue weighted by atomic mass is 16.8. The molecule has 0 aliphatic carbocycles. The van der Waals surface area contributed by atoms with Gasteiger partial charge in [-0.25, -0.2) is 0 Å². The van der Waals surface area contributed by atoms with E-state index < -0.39 is 6.29 Å². The third kappa shape index (κ3) is 3.61. The molecule has 1 aromatic rings. The predicted molar refractivity (Wildman–Crippen MR) is 75.8 cm³/mol. The number of ether oxygens (including phenoxy) is 2. The van der Waals surface area contributed by atoms with E-state index in [0.29, 0.717) is 6.42 Å². The van der Waals surface area contributed by atoms with Crippen LogP contribution in [0.3, 0.4) is 0 Å². The van der Waals surface area contributed by atoms with Gasteiger partial charge >= 0.3 is 0 Å². The van der Waals surface area contributed by atoms with Gasteiger partial charge in [-0.2, -0.15) is 0 Å². The zero-order chi connectivity index (χ0) is 14.2. The Labute approximate surface area is 118 Å². The minimum absolute atomic E-state index is 0.136. The van der Waals surface area contributed by atoms with Crippen molar-refractivity contribution in [3.8, 4) is 24.7 Å². The molecule has 2 atom stereocenters. The molecule has 1 aliphatic rings. The van der Waals surface area contributed by atoms with Gasteiger partial charge in [0.15, 0.2) is 0 Å². The molecular formula is C16H15NO3. The summed E-state index contributed by atoms with van der Waals surface area (Å²) in [6, 6.07) is 9.75. The molecule has 20 heavy (non-hydrogen) atoms. The first-order chi connectivity index (χ1) is 9.85. The molecule has 0 N–H and O–H groups in total. The minimum atomic E-state index is -0.633. The van der Waals surface area contributed by atoms with E-state index in [9.17, 15) is 0 Å². The smallest absolute Gasteiger partial charge is 0.254 e. The van der Waals surface area contributed by atoms with E-state index in [0.717, 1.165) is 11.3 Å². The standard InChI is InChI=1S/C16H15NO3/c1-3-10-18-15-12-14(13-8-6-5-7-9-13)17-20-16(15)19-11-4-2/h1-2,5-9,15-16H,10-12H2/t15-,16-/m0/s1. The third-order valence-corrected chi connectivity index (χ3v) is 2.78. The van der Waals surface area contributed by atoms with E-state index in [2.05, 4.69) is 17.0 Å². The summed E-state index contributed by atoms with van der Waals surface area (Å²) in [5.74, 6) is 4.82. The van der Waals surface area contributed by atoms with E-state index in [4.69, 9.17) is 27.2 Å². The first-order valence-electron chi connectivity index (χ1n) is 6.23. The molecule has 0 unspecified atom stereocenters. The van der Waals surface area contributed by atoms with E-state index in [1.54, 1.807) is 0 Å². The van der Waals surface area contributed by atoms with Crippen molar-refractivity contribution >= 4 is 5.71 Å². The summed E-state index contributed by atoms with van der Waals surface area (Å²) in [4.78, 5) is 5.33. The van der Waals surface area contributed by atoms with Crippen LogP contribution in [-0.2, 0) is 14.3 Å². The highest BCUT2D eigenvalue weighted by Crippen LogP contribution is 2.20. The zero-order valence-electron chi connectivity index (χ0n) is 11.0. The van der Waals surface area contributed by atoms with Crippen molar-refractivity contribution in [3.05, 3.63) is 35.9 Å². The van der Waals surface area contributed by atoms with Gasteiger partial charge in [-0.05, 0) is 5.56 Å². The molecule has 1 aliphatic heterocycles. The Bertz CT molecular complexity index is 539. The maximum absolute atomic E-state index is 5.56. The maximum atomic E-state index is 5.56. The van der Waals surface area contributed by atoms with Crippen LogP contribution in [0.5, 0.6) is 0 Å². The van der Waals surface area contributed by atoms with Crippen LogP contribution in [0.25, 0.3) is 0 Å². The van der Waals surface area contributed by atoms with Crippen molar-refractivity contribution in [1.29, 1.82) is 0 Å². The van der Waals surface area contributed by atoms with Crippen LogP contribution in [0, 0.1) is 24.7 Å². The van der Waals surface area contributed by atoms with Gasteiger partial charge in [0.2, 0.25) is 0 Å². The highest BCUT2D eigenvalue weighted by molar-refractivity contribution is 6.00. The molecule has 0 saturated heterocycles. The van der Waals surface area contributed by atoms with Crippen molar-refractivity contribution in [2.75, 3.05) is 13.2 Å². The van der Waals surface area contributed by atoms with Gasteiger partial charge in [0.05, 0.1) is 5.71 Å². The average molecular weight is 269 g/mol. The van der Waals surface area contributed by atoms with Crippen molar-refractivity contribution in [1.82, 2.24) is 0 Å². The Kier molecular flexibility index (Phi) is 5.20. The molecule has 0 bridgehead atoms. The summed E-state index contributed by atoms with van der Waals surface area (Å²) in [5, 5.41) is 4.08. The monoisotopic (exact) mass is 269 g/mol. The fourth-order valence-corrected chi connectivity index (χ4v) is 1.87. The lowest BCUT2D eigenvalue weighted by Gasteiger charge is -2.28.